The smallest absolute Gasteiger partial charge is 0.335 e. The monoisotopic (exact) mass is 342 g/mol. The second kappa shape index (κ2) is 6.00. The minimum absolute atomic E-state index is 0.000473. The number of carboxylic acid groups (broad SMARTS) is 1. The lowest BCUT2D eigenvalue weighted by molar-refractivity contribution is 0.0696. The summed E-state index contributed by atoms with van der Waals surface area (Å²) in [6.07, 6.45) is 0. The van der Waals surface area contributed by atoms with Crippen LogP contribution >= 0.6 is 15.9 Å². The van der Waals surface area contributed by atoms with Crippen LogP contribution in [0.25, 0.3) is 0 Å². The van der Waals surface area contributed by atoms with Gasteiger partial charge in [0, 0.05) is 4.47 Å². The van der Waals surface area contributed by atoms with Crippen LogP contribution in [0.15, 0.2) is 40.9 Å². The third-order valence-electron chi connectivity index (χ3n) is 2.49. The van der Waals surface area contributed by atoms with Crippen molar-refractivity contribution in [3.8, 4) is 5.75 Å². The van der Waals surface area contributed by atoms with Gasteiger partial charge in [0.1, 0.15) is 12.4 Å². The van der Waals surface area contributed by atoms with Gasteiger partial charge < -0.3 is 9.84 Å². The number of benzene rings is 2. The summed E-state index contributed by atoms with van der Waals surface area (Å²) in [7, 11) is 0. The van der Waals surface area contributed by atoms with Crippen LogP contribution in [-0.2, 0) is 6.61 Å². The van der Waals surface area contributed by atoms with Gasteiger partial charge in [0.2, 0.25) is 0 Å². The molecule has 0 spiro atoms. The van der Waals surface area contributed by atoms with Gasteiger partial charge in [-0.05, 0) is 42.0 Å². The SMILES string of the molecule is O=C(O)c1cc(F)cc(COc2cc(Br)ccc2F)c1. The van der Waals surface area contributed by atoms with E-state index in [-0.39, 0.29) is 17.9 Å². The molecule has 6 heteroatoms. The van der Waals surface area contributed by atoms with Crippen molar-refractivity contribution in [2.45, 2.75) is 6.61 Å². The molecule has 0 saturated carbocycles. The Morgan fingerprint density at radius 3 is 2.65 bits per heavy atom. The summed E-state index contributed by atoms with van der Waals surface area (Å²) >= 11 is 3.18. The molecule has 2 aromatic carbocycles. The Bertz CT molecular complexity index is 659. The summed E-state index contributed by atoms with van der Waals surface area (Å²) in [5, 5.41) is 8.83. The van der Waals surface area contributed by atoms with Gasteiger partial charge in [-0.3, -0.25) is 0 Å². The zero-order valence-corrected chi connectivity index (χ0v) is 11.7. The van der Waals surface area contributed by atoms with Crippen molar-refractivity contribution in [2.24, 2.45) is 0 Å². The Morgan fingerprint density at radius 2 is 1.95 bits per heavy atom. The van der Waals surface area contributed by atoms with Crippen LogP contribution in [0.5, 0.6) is 5.75 Å². The number of hydrogen-bond donors (Lipinski definition) is 1. The van der Waals surface area contributed by atoms with E-state index in [1.165, 1.54) is 24.3 Å². The molecule has 0 bridgehead atoms. The molecule has 2 rings (SSSR count). The topological polar surface area (TPSA) is 46.5 Å². The van der Waals surface area contributed by atoms with Crippen molar-refractivity contribution in [3.63, 3.8) is 0 Å². The van der Waals surface area contributed by atoms with E-state index in [9.17, 15) is 13.6 Å². The molecule has 0 aliphatic heterocycles. The first-order valence-electron chi connectivity index (χ1n) is 5.56. The van der Waals surface area contributed by atoms with Crippen molar-refractivity contribution >= 4 is 21.9 Å². The van der Waals surface area contributed by atoms with E-state index in [4.69, 9.17) is 9.84 Å². The Kier molecular flexibility index (Phi) is 4.34. The van der Waals surface area contributed by atoms with Crippen molar-refractivity contribution in [3.05, 3.63) is 63.6 Å². The lowest BCUT2D eigenvalue weighted by atomic mass is 10.1. The molecule has 0 heterocycles. The highest BCUT2D eigenvalue weighted by molar-refractivity contribution is 9.10. The first kappa shape index (κ1) is 14.5. The first-order chi connectivity index (χ1) is 9.45. The molecule has 1 N–H and O–H groups in total. The number of carboxylic acids is 1. The minimum atomic E-state index is -1.24. The molecule has 0 fully saturated rings. The van der Waals surface area contributed by atoms with Gasteiger partial charge in [0.15, 0.2) is 11.6 Å². The number of hydrogen-bond acceptors (Lipinski definition) is 2. The van der Waals surface area contributed by atoms with Gasteiger partial charge in [-0.15, -0.1) is 0 Å². The van der Waals surface area contributed by atoms with Gasteiger partial charge in [-0.1, -0.05) is 15.9 Å². The maximum absolute atomic E-state index is 13.4. The van der Waals surface area contributed by atoms with Crippen LogP contribution < -0.4 is 4.74 Å². The second-order valence-corrected chi connectivity index (χ2v) is 4.93. The Hall–Kier alpha value is -1.95. The van der Waals surface area contributed by atoms with E-state index >= 15 is 0 Å². The predicted molar refractivity (Wildman–Crippen MR) is 71.8 cm³/mol. The maximum atomic E-state index is 13.4. The molecule has 0 unspecified atom stereocenters. The fraction of sp³-hybridized carbons (Fsp3) is 0.0714. The summed E-state index contributed by atoms with van der Waals surface area (Å²) in [4.78, 5) is 10.8. The molecule has 0 aliphatic rings. The van der Waals surface area contributed by atoms with Crippen molar-refractivity contribution in [2.75, 3.05) is 0 Å². The number of halogens is 3. The van der Waals surface area contributed by atoms with Crippen molar-refractivity contribution < 1.29 is 23.4 Å². The molecular formula is C14H9BrF2O3. The maximum Gasteiger partial charge on any atom is 0.335 e. The highest BCUT2D eigenvalue weighted by atomic mass is 79.9. The summed E-state index contributed by atoms with van der Waals surface area (Å²) in [5.74, 6) is -2.47. The van der Waals surface area contributed by atoms with Crippen LogP contribution in [0.3, 0.4) is 0 Å². The fourth-order valence-electron chi connectivity index (χ4n) is 1.61. The Balaban J connectivity index is 2.18. The standard InChI is InChI=1S/C14H9BrF2O3/c15-10-1-2-12(17)13(6-10)20-7-8-3-9(14(18)19)5-11(16)4-8/h1-6H,7H2,(H,18,19). The van der Waals surface area contributed by atoms with E-state index in [0.717, 1.165) is 12.1 Å². The summed E-state index contributed by atoms with van der Waals surface area (Å²) in [6, 6.07) is 7.52. The molecule has 0 atom stereocenters. The van der Waals surface area contributed by atoms with E-state index in [1.807, 2.05) is 0 Å². The van der Waals surface area contributed by atoms with Gasteiger partial charge in [0.05, 0.1) is 5.56 Å². The summed E-state index contributed by atoms with van der Waals surface area (Å²) in [5.41, 5.74) is 0.125. The van der Waals surface area contributed by atoms with Crippen LogP contribution in [0.2, 0.25) is 0 Å². The third kappa shape index (κ3) is 3.54. The molecule has 2 aromatic rings. The lowest BCUT2D eigenvalue weighted by Gasteiger charge is -2.08. The predicted octanol–water partition coefficient (Wildman–Crippen LogP) is 4.00. The molecule has 0 saturated heterocycles. The average molecular weight is 343 g/mol. The van der Waals surface area contributed by atoms with Crippen LogP contribution in [0.4, 0.5) is 8.78 Å². The fourth-order valence-corrected chi connectivity index (χ4v) is 1.95. The largest absolute Gasteiger partial charge is 0.486 e. The highest BCUT2D eigenvalue weighted by Gasteiger charge is 2.09. The van der Waals surface area contributed by atoms with E-state index in [0.29, 0.717) is 10.0 Å². The van der Waals surface area contributed by atoms with Crippen LogP contribution in [0, 0.1) is 11.6 Å². The number of ether oxygens (including phenoxy) is 1. The second-order valence-electron chi connectivity index (χ2n) is 4.02. The average Bonchev–Trinajstić information content (AvgIpc) is 2.39. The van der Waals surface area contributed by atoms with Crippen LogP contribution in [-0.4, -0.2) is 11.1 Å². The van der Waals surface area contributed by atoms with Gasteiger partial charge in [-0.2, -0.15) is 0 Å². The van der Waals surface area contributed by atoms with Gasteiger partial charge in [-0.25, -0.2) is 13.6 Å². The zero-order chi connectivity index (χ0) is 14.7. The minimum Gasteiger partial charge on any atom is -0.486 e. The van der Waals surface area contributed by atoms with E-state index in [1.54, 1.807) is 0 Å². The van der Waals surface area contributed by atoms with Crippen molar-refractivity contribution in [1.82, 2.24) is 0 Å². The number of aromatic carboxylic acids is 1. The van der Waals surface area contributed by atoms with E-state index < -0.39 is 17.6 Å². The molecule has 104 valence electrons. The van der Waals surface area contributed by atoms with Gasteiger partial charge >= 0.3 is 5.97 Å². The van der Waals surface area contributed by atoms with Gasteiger partial charge in [0.25, 0.3) is 0 Å². The molecule has 20 heavy (non-hydrogen) atoms. The highest BCUT2D eigenvalue weighted by Crippen LogP contribution is 2.23. The van der Waals surface area contributed by atoms with E-state index in [2.05, 4.69) is 15.9 Å². The molecule has 0 aliphatic carbocycles. The molecule has 0 amide bonds. The summed E-state index contributed by atoms with van der Waals surface area (Å²) in [6.45, 7) is -0.134. The molecule has 0 aromatic heterocycles. The number of rotatable bonds is 4. The van der Waals surface area contributed by atoms with Crippen molar-refractivity contribution in [1.29, 1.82) is 0 Å². The molecule has 0 radical (unpaired) electrons. The molecular weight excluding hydrogens is 334 g/mol. The first-order valence-corrected chi connectivity index (χ1v) is 6.35. The Labute approximate surface area is 121 Å². The summed E-state index contributed by atoms with van der Waals surface area (Å²) < 4.78 is 32.6. The number of carbonyl (C=O) groups is 1. The Morgan fingerprint density at radius 1 is 1.20 bits per heavy atom. The normalized spacial score (nSPS) is 10.3. The molecule has 3 nitrogen and oxygen atoms in total. The third-order valence-corrected chi connectivity index (χ3v) is 2.99. The zero-order valence-electron chi connectivity index (χ0n) is 10.1. The lowest BCUT2D eigenvalue weighted by Crippen LogP contribution is -2.02. The quantitative estimate of drug-likeness (QED) is 0.913. The van der Waals surface area contributed by atoms with Crippen LogP contribution in [0.1, 0.15) is 15.9 Å².